The Bertz CT molecular complexity index is 829. The van der Waals surface area contributed by atoms with Crippen LogP contribution in [-0.4, -0.2) is 23.9 Å². The van der Waals surface area contributed by atoms with E-state index in [2.05, 4.69) is 16.0 Å². The van der Waals surface area contributed by atoms with Crippen molar-refractivity contribution in [3.8, 4) is 0 Å². The highest BCUT2D eigenvalue weighted by Crippen LogP contribution is 2.22. The van der Waals surface area contributed by atoms with E-state index < -0.39 is 6.03 Å². The van der Waals surface area contributed by atoms with E-state index in [1.807, 2.05) is 0 Å². The SMILES string of the molecule is NC(=O)NCc1ccc(C(=O)Nc2ccccc2C(=O)NC2CC2)cc1. The van der Waals surface area contributed by atoms with Gasteiger partial charge in [-0.1, -0.05) is 24.3 Å². The van der Waals surface area contributed by atoms with Gasteiger partial charge in [0, 0.05) is 18.2 Å². The number of amides is 4. The van der Waals surface area contributed by atoms with Crippen LogP contribution < -0.4 is 21.7 Å². The van der Waals surface area contributed by atoms with Gasteiger partial charge in [-0.15, -0.1) is 0 Å². The van der Waals surface area contributed by atoms with Crippen molar-refractivity contribution in [3.63, 3.8) is 0 Å². The van der Waals surface area contributed by atoms with Crippen LogP contribution in [-0.2, 0) is 6.54 Å². The minimum Gasteiger partial charge on any atom is -0.352 e. The lowest BCUT2D eigenvalue weighted by Crippen LogP contribution is -2.28. The molecule has 0 aliphatic heterocycles. The second kappa shape index (κ2) is 7.69. The quantitative estimate of drug-likeness (QED) is 0.637. The summed E-state index contributed by atoms with van der Waals surface area (Å²) in [6.45, 7) is 0.293. The molecule has 1 fully saturated rings. The zero-order valence-corrected chi connectivity index (χ0v) is 14.1. The molecular weight excluding hydrogens is 332 g/mol. The number of carbonyl (C=O) groups excluding carboxylic acids is 3. The molecule has 0 heterocycles. The Labute approximate surface area is 151 Å². The molecule has 0 unspecified atom stereocenters. The molecule has 134 valence electrons. The van der Waals surface area contributed by atoms with Crippen molar-refractivity contribution < 1.29 is 14.4 Å². The number of primary amides is 1. The van der Waals surface area contributed by atoms with E-state index in [0.717, 1.165) is 18.4 Å². The Morgan fingerprint density at radius 1 is 0.962 bits per heavy atom. The monoisotopic (exact) mass is 352 g/mol. The lowest BCUT2D eigenvalue weighted by atomic mass is 10.1. The van der Waals surface area contributed by atoms with Gasteiger partial charge in [0.05, 0.1) is 11.3 Å². The highest BCUT2D eigenvalue weighted by atomic mass is 16.2. The summed E-state index contributed by atoms with van der Waals surface area (Å²) in [5, 5.41) is 8.19. The number of hydrogen-bond acceptors (Lipinski definition) is 3. The summed E-state index contributed by atoms with van der Waals surface area (Å²) >= 11 is 0. The van der Waals surface area contributed by atoms with Crippen LogP contribution in [0.3, 0.4) is 0 Å². The molecule has 0 radical (unpaired) electrons. The van der Waals surface area contributed by atoms with Gasteiger partial charge in [0.15, 0.2) is 0 Å². The summed E-state index contributed by atoms with van der Waals surface area (Å²) in [6, 6.07) is 13.3. The number of nitrogens with one attached hydrogen (secondary N) is 3. The molecule has 0 bridgehead atoms. The molecule has 2 aromatic carbocycles. The van der Waals surface area contributed by atoms with Crippen LogP contribution in [0.1, 0.15) is 39.1 Å². The molecule has 5 N–H and O–H groups in total. The van der Waals surface area contributed by atoms with Gasteiger partial charge in [-0.25, -0.2) is 4.79 Å². The molecule has 1 aliphatic rings. The van der Waals surface area contributed by atoms with Gasteiger partial charge in [-0.2, -0.15) is 0 Å². The molecule has 7 heteroatoms. The van der Waals surface area contributed by atoms with Crippen LogP contribution in [0.25, 0.3) is 0 Å². The van der Waals surface area contributed by atoms with E-state index in [4.69, 9.17) is 5.73 Å². The smallest absolute Gasteiger partial charge is 0.312 e. The first kappa shape index (κ1) is 17.5. The number of anilines is 1. The zero-order valence-electron chi connectivity index (χ0n) is 14.1. The molecule has 1 saturated carbocycles. The van der Waals surface area contributed by atoms with E-state index in [9.17, 15) is 14.4 Å². The van der Waals surface area contributed by atoms with Crippen molar-refractivity contribution in [1.82, 2.24) is 10.6 Å². The average Bonchev–Trinajstić information content (AvgIpc) is 3.44. The van der Waals surface area contributed by atoms with E-state index in [-0.39, 0.29) is 17.9 Å². The predicted molar refractivity (Wildman–Crippen MR) is 97.7 cm³/mol. The normalized spacial score (nSPS) is 12.9. The van der Waals surface area contributed by atoms with E-state index in [0.29, 0.717) is 23.4 Å². The predicted octanol–water partition coefficient (Wildman–Crippen LogP) is 2.00. The lowest BCUT2D eigenvalue weighted by Gasteiger charge is -2.11. The van der Waals surface area contributed by atoms with Crippen LogP contribution >= 0.6 is 0 Å². The number of para-hydroxylation sites is 1. The summed E-state index contributed by atoms with van der Waals surface area (Å²) in [6.07, 6.45) is 1.99. The Morgan fingerprint density at radius 2 is 1.65 bits per heavy atom. The Kier molecular flexibility index (Phi) is 5.17. The maximum atomic E-state index is 12.5. The minimum absolute atomic E-state index is 0.184. The summed E-state index contributed by atoms with van der Waals surface area (Å²) < 4.78 is 0. The van der Waals surface area contributed by atoms with Gasteiger partial charge >= 0.3 is 6.03 Å². The van der Waals surface area contributed by atoms with E-state index in [1.54, 1.807) is 48.5 Å². The number of hydrogen-bond donors (Lipinski definition) is 4. The van der Waals surface area contributed by atoms with Crippen LogP contribution in [0, 0.1) is 0 Å². The Balaban J connectivity index is 1.67. The van der Waals surface area contributed by atoms with Crippen molar-refractivity contribution in [2.75, 3.05) is 5.32 Å². The van der Waals surface area contributed by atoms with Crippen LogP contribution in [0.5, 0.6) is 0 Å². The minimum atomic E-state index is -0.604. The van der Waals surface area contributed by atoms with E-state index in [1.165, 1.54) is 0 Å². The van der Waals surface area contributed by atoms with Crippen molar-refractivity contribution >= 4 is 23.5 Å². The second-order valence-corrected chi connectivity index (χ2v) is 6.16. The maximum absolute atomic E-state index is 12.5. The third kappa shape index (κ3) is 4.60. The van der Waals surface area contributed by atoms with E-state index >= 15 is 0 Å². The Morgan fingerprint density at radius 3 is 2.31 bits per heavy atom. The topological polar surface area (TPSA) is 113 Å². The molecule has 26 heavy (non-hydrogen) atoms. The number of nitrogens with two attached hydrogens (primary N) is 1. The largest absolute Gasteiger partial charge is 0.352 e. The Hall–Kier alpha value is -3.35. The highest BCUT2D eigenvalue weighted by molar-refractivity contribution is 6.09. The fraction of sp³-hybridized carbons (Fsp3) is 0.211. The van der Waals surface area contributed by atoms with Crippen molar-refractivity contribution in [1.29, 1.82) is 0 Å². The number of benzene rings is 2. The summed E-state index contributed by atoms with van der Waals surface area (Å²) in [4.78, 5) is 35.5. The molecule has 0 saturated heterocycles. The molecule has 2 aromatic rings. The third-order valence-corrected chi connectivity index (χ3v) is 4.02. The number of rotatable bonds is 6. The van der Waals surface area contributed by atoms with Crippen molar-refractivity contribution in [2.24, 2.45) is 5.73 Å². The maximum Gasteiger partial charge on any atom is 0.312 e. The average molecular weight is 352 g/mol. The number of carbonyl (C=O) groups is 3. The van der Waals surface area contributed by atoms with Crippen molar-refractivity contribution in [3.05, 3.63) is 65.2 Å². The standard InChI is InChI=1S/C19H20N4O3/c20-19(26)21-11-12-5-7-13(8-6-12)17(24)23-16-4-2-1-3-15(16)18(25)22-14-9-10-14/h1-8,14H,9-11H2,(H,22,25)(H,23,24)(H3,20,21,26). The second-order valence-electron chi connectivity index (χ2n) is 6.16. The fourth-order valence-electron chi connectivity index (χ4n) is 2.44. The van der Waals surface area contributed by atoms with Crippen LogP contribution in [0.4, 0.5) is 10.5 Å². The zero-order chi connectivity index (χ0) is 18.5. The molecular formula is C19H20N4O3. The fourth-order valence-corrected chi connectivity index (χ4v) is 2.44. The molecule has 0 atom stereocenters. The molecule has 0 aromatic heterocycles. The first-order valence-electron chi connectivity index (χ1n) is 8.36. The molecule has 0 spiro atoms. The first-order chi connectivity index (χ1) is 12.5. The lowest BCUT2D eigenvalue weighted by molar-refractivity contribution is 0.0952. The highest BCUT2D eigenvalue weighted by Gasteiger charge is 2.25. The molecule has 1 aliphatic carbocycles. The van der Waals surface area contributed by atoms with Crippen LogP contribution in [0.15, 0.2) is 48.5 Å². The van der Waals surface area contributed by atoms with Gasteiger partial charge in [-0.3, -0.25) is 9.59 Å². The third-order valence-electron chi connectivity index (χ3n) is 4.02. The van der Waals surface area contributed by atoms with Gasteiger partial charge in [-0.05, 0) is 42.7 Å². The van der Waals surface area contributed by atoms with Gasteiger partial charge < -0.3 is 21.7 Å². The van der Waals surface area contributed by atoms with Gasteiger partial charge in [0.2, 0.25) is 0 Å². The molecule has 7 nitrogen and oxygen atoms in total. The van der Waals surface area contributed by atoms with Crippen LogP contribution in [0.2, 0.25) is 0 Å². The number of urea groups is 1. The summed E-state index contributed by atoms with van der Waals surface area (Å²) in [7, 11) is 0. The van der Waals surface area contributed by atoms with Gasteiger partial charge in [0.25, 0.3) is 11.8 Å². The molecule has 3 rings (SSSR count). The molecule has 4 amide bonds. The summed E-state index contributed by atoms with van der Waals surface area (Å²) in [5.41, 5.74) is 7.21. The first-order valence-corrected chi connectivity index (χ1v) is 8.36. The summed E-state index contributed by atoms with van der Waals surface area (Å²) in [5.74, 6) is -0.498. The van der Waals surface area contributed by atoms with Crippen molar-refractivity contribution in [2.45, 2.75) is 25.4 Å². The van der Waals surface area contributed by atoms with Gasteiger partial charge in [0.1, 0.15) is 0 Å².